The summed E-state index contributed by atoms with van der Waals surface area (Å²) in [4.78, 5) is 0. The van der Waals surface area contributed by atoms with Crippen LogP contribution in [-0.4, -0.2) is 12.6 Å². The minimum atomic E-state index is 0.545. The van der Waals surface area contributed by atoms with Gasteiger partial charge in [-0.25, -0.2) is 0 Å². The Morgan fingerprint density at radius 2 is 2.00 bits per heavy atom. The maximum absolute atomic E-state index is 3.48. The van der Waals surface area contributed by atoms with E-state index in [0.717, 1.165) is 13.0 Å². The van der Waals surface area contributed by atoms with Crippen molar-refractivity contribution in [1.82, 2.24) is 5.32 Å². The zero-order valence-corrected chi connectivity index (χ0v) is 11.8. The van der Waals surface area contributed by atoms with E-state index in [2.05, 4.69) is 64.2 Å². The minimum absolute atomic E-state index is 0.545. The zero-order valence-electron chi connectivity index (χ0n) is 11.8. The van der Waals surface area contributed by atoms with Gasteiger partial charge in [0.2, 0.25) is 0 Å². The molecule has 1 heteroatoms. The van der Waals surface area contributed by atoms with Crippen molar-refractivity contribution in [3.63, 3.8) is 0 Å². The average Bonchev–Trinajstić information content (AvgIpc) is 2.29. The topological polar surface area (TPSA) is 12.0 Å². The molecule has 94 valence electrons. The van der Waals surface area contributed by atoms with Crippen LogP contribution in [0.25, 0.3) is 6.08 Å². The summed E-state index contributed by atoms with van der Waals surface area (Å²) in [6.07, 6.45) is 3.44. The molecule has 0 amide bonds. The number of aryl methyl sites for hydroxylation is 1. The molecule has 0 aliphatic rings. The number of hydrogen-bond acceptors (Lipinski definition) is 1. The van der Waals surface area contributed by atoms with Gasteiger partial charge in [0.25, 0.3) is 0 Å². The van der Waals surface area contributed by atoms with Crippen molar-refractivity contribution in [2.24, 2.45) is 0 Å². The van der Waals surface area contributed by atoms with Gasteiger partial charge in [-0.3, -0.25) is 0 Å². The number of hydrogen-bond donors (Lipinski definition) is 1. The van der Waals surface area contributed by atoms with E-state index in [1.807, 2.05) is 0 Å². The van der Waals surface area contributed by atoms with Crippen molar-refractivity contribution in [3.8, 4) is 0 Å². The normalized spacial score (nSPS) is 12.2. The fourth-order valence-electron chi connectivity index (χ4n) is 1.76. The first kappa shape index (κ1) is 14.0. The molecule has 1 aromatic carbocycles. The van der Waals surface area contributed by atoms with Crippen LogP contribution in [0.3, 0.4) is 0 Å². The van der Waals surface area contributed by atoms with Gasteiger partial charge in [-0.15, -0.1) is 0 Å². The third-order valence-electron chi connectivity index (χ3n) is 3.20. The van der Waals surface area contributed by atoms with Crippen LogP contribution in [0.5, 0.6) is 0 Å². The van der Waals surface area contributed by atoms with Crippen LogP contribution in [-0.2, 0) is 0 Å². The smallest absolute Gasteiger partial charge is 0.0170 e. The van der Waals surface area contributed by atoms with Gasteiger partial charge in [0.15, 0.2) is 0 Å². The molecule has 1 nitrogen and oxygen atoms in total. The Hall–Kier alpha value is -1.08. The largest absolute Gasteiger partial charge is 0.311 e. The lowest BCUT2D eigenvalue weighted by Crippen LogP contribution is -2.24. The summed E-state index contributed by atoms with van der Waals surface area (Å²) in [7, 11) is 0. The highest BCUT2D eigenvalue weighted by molar-refractivity contribution is 5.58. The van der Waals surface area contributed by atoms with Crippen molar-refractivity contribution in [2.45, 2.75) is 47.1 Å². The van der Waals surface area contributed by atoms with Gasteiger partial charge in [-0.05, 0) is 37.0 Å². The van der Waals surface area contributed by atoms with Crippen LogP contribution in [0.15, 0.2) is 23.8 Å². The first-order valence-corrected chi connectivity index (χ1v) is 6.53. The van der Waals surface area contributed by atoms with E-state index in [-0.39, 0.29) is 0 Å². The maximum atomic E-state index is 3.48. The van der Waals surface area contributed by atoms with Crippen LogP contribution in [0, 0.1) is 13.8 Å². The molecule has 1 N–H and O–H groups in total. The van der Waals surface area contributed by atoms with Crippen molar-refractivity contribution in [2.75, 3.05) is 6.54 Å². The molecular formula is C16H25N. The van der Waals surface area contributed by atoms with Crippen molar-refractivity contribution >= 4 is 6.08 Å². The standard InChI is InChI=1S/C16H25N/c1-6-15(11-17-12(2)3)10-16-9-7-8-13(4)14(16)5/h7-10,12,17H,6,11H2,1-5H3. The summed E-state index contributed by atoms with van der Waals surface area (Å²) in [5, 5.41) is 3.48. The first-order chi connectivity index (χ1) is 8.04. The Morgan fingerprint density at radius 3 is 2.59 bits per heavy atom. The summed E-state index contributed by atoms with van der Waals surface area (Å²) in [6.45, 7) is 12.0. The van der Waals surface area contributed by atoms with E-state index < -0.39 is 0 Å². The van der Waals surface area contributed by atoms with Gasteiger partial charge < -0.3 is 5.32 Å². The Morgan fingerprint density at radius 1 is 1.29 bits per heavy atom. The molecule has 0 fully saturated rings. The monoisotopic (exact) mass is 231 g/mol. The lowest BCUT2D eigenvalue weighted by atomic mass is 10.0. The molecule has 0 heterocycles. The summed E-state index contributed by atoms with van der Waals surface area (Å²) in [5.74, 6) is 0. The third kappa shape index (κ3) is 4.35. The van der Waals surface area contributed by atoms with E-state index in [4.69, 9.17) is 0 Å². The molecule has 0 saturated heterocycles. The molecule has 0 bridgehead atoms. The van der Waals surface area contributed by atoms with Gasteiger partial charge in [-0.1, -0.05) is 50.6 Å². The van der Waals surface area contributed by atoms with E-state index in [1.54, 1.807) is 0 Å². The highest BCUT2D eigenvalue weighted by Gasteiger charge is 2.01. The molecule has 1 rings (SSSR count). The van der Waals surface area contributed by atoms with Crippen LogP contribution >= 0.6 is 0 Å². The second kappa shape index (κ2) is 6.61. The molecule has 0 spiro atoms. The van der Waals surface area contributed by atoms with Gasteiger partial charge in [0.1, 0.15) is 0 Å². The first-order valence-electron chi connectivity index (χ1n) is 6.53. The molecular weight excluding hydrogens is 206 g/mol. The predicted octanol–water partition coefficient (Wildman–Crippen LogP) is 4.09. The maximum Gasteiger partial charge on any atom is 0.0170 e. The van der Waals surface area contributed by atoms with Crippen molar-refractivity contribution in [1.29, 1.82) is 0 Å². The molecule has 0 unspecified atom stereocenters. The summed E-state index contributed by atoms with van der Waals surface area (Å²) in [5.41, 5.74) is 5.58. The molecule has 1 aromatic rings. The van der Waals surface area contributed by atoms with Crippen LogP contribution in [0.4, 0.5) is 0 Å². The van der Waals surface area contributed by atoms with E-state index in [9.17, 15) is 0 Å². The number of nitrogens with one attached hydrogen (secondary N) is 1. The average molecular weight is 231 g/mol. The molecule has 0 radical (unpaired) electrons. The predicted molar refractivity (Wildman–Crippen MR) is 77.3 cm³/mol. The van der Waals surface area contributed by atoms with Crippen LogP contribution in [0.2, 0.25) is 0 Å². The SMILES string of the molecule is CCC(=Cc1cccc(C)c1C)CNC(C)C. The van der Waals surface area contributed by atoms with Crippen LogP contribution < -0.4 is 5.32 Å². The number of rotatable bonds is 5. The molecule has 0 aromatic heterocycles. The number of benzene rings is 1. The third-order valence-corrected chi connectivity index (χ3v) is 3.20. The van der Waals surface area contributed by atoms with Gasteiger partial charge in [-0.2, -0.15) is 0 Å². The molecule has 0 atom stereocenters. The highest BCUT2D eigenvalue weighted by atomic mass is 14.9. The minimum Gasteiger partial charge on any atom is -0.311 e. The molecule has 0 saturated carbocycles. The quantitative estimate of drug-likeness (QED) is 0.804. The van der Waals surface area contributed by atoms with Gasteiger partial charge in [0.05, 0.1) is 0 Å². The summed E-state index contributed by atoms with van der Waals surface area (Å²) >= 11 is 0. The summed E-state index contributed by atoms with van der Waals surface area (Å²) in [6, 6.07) is 7.05. The summed E-state index contributed by atoms with van der Waals surface area (Å²) < 4.78 is 0. The van der Waals surface area contributed by atoms with Gasteiger partial charge >= 0.3 is 0 Å². The molecule has 0 aliphatic carbocycles. The lowest BCUT2D eigenvalue weighted by molar-refractivity contribution is 0.617. The fourth-order valence-corrected chi connectivity index (χ4v) is 1.76. The highest BCUT2D eigenvalue weighted by Crippen LogP contribution is 2.17. The second-order valence-electron chi connectivity index (χ2n) is 4.98. The Labute approximate surface area is 106 Å². The van der Waals surface area contributed by atoms with Crippen LogP contribution in [0.1, 0.15) is 43.9 Å². The Bertz CT molecular complexity index is 389. The van der Waals surface area contributed by atoms with Gasteiger partial charge in [0, 0.05) is 12.6 Å². The zero-order chi connectivity index (χ0) is 12.8. The Kier molecular flexibility index (Phi) is 5.43. The fraction of sp³-hybridized carbons (Fsp3) is 0.500. The van der Waals surface area contributed by atoms with E-state index in [1.165, 1.54) is 22.3 Å². The molecule has 0 aliphatic heterocycles. The lowest BCUT2D eigenvalue weighted by Gasteiger charge is -2.11. The van der Waals surface area contributed by atoms with Crippen molar-refractivity contribution < 1.29 is 0 Å². The van der Waals surface area contributed by atoms with Crippen molar-refractivity contribution in [3.05, 3.63) is 40.5 Å². The van der Waals surface area contributed by atoms with E-state index in [0.29, 0.717) is 6.04 Å². The molecule has 17 heavy (non-hydrogen) atoms. The van der Waals surface area contributed by atoms with E-state index >= 15 is 0 Å². The second-order valence-corrected chi connectivity index (χ2v) is 4.98. The Balaban J connectivity index is 2.86.